The second-order valence-electron chi connectivity index (χ2n) is 11.6. The van der Waals surface area contributed by atoms with Crippen LogP contribution < -0.4 is 9.64 Å². The fourth-order valence-corrected chi connectivity index (χ4v) is 7.18. The maximum Gasteiger partial charge on any atom is 0.343 e. The molecule has 3 heterocycles. The molecule has 226 valence electrons. The largest absolute Gasteiger partial charge is 0.497 e. The van der Waals surface area contributed by atoms with Crippen LogP contribution in [0.3, 0.4) is 0 Å². The lowest BCUT2D eigenvalue weighted by Crippen LogP contribution is -2.71. The van der Waals surface area contributed by atoms with Crippen LogP contribution in [0.5, 0.6) is 5.75 Å². The van der Waals surface area contributed by atoms with E-state index >= 15 is 0 Å². The number of anilines is 1. The average molecular weight is 603 g/mol. The predicted molar refractivity (Wildman–Crippen MR) is 168 cm³/mol. The summed E-state index contributed by atoms with van der Waals surface area (Å²) < 4.78 is 11.4. The Morgan fingerprint density at radius 3 is 2.16 bits per heavy atom. The Labute approximate surface area is 259 Å². The van der Waals surface area contributed by atoms with Crippen molar-refractivity contribution in [3.05, 3.63) is 136 Å². The van der Waals surface area contributed by atoms with Crippen LogP contribution in [0.15, 0.2) is 114 Å². The molecule has 5 atom stereocenters. The number of carbonyl (C=O) groups excluding carboxylic acids is 2. The van der Waals surface area contributed by atoms with Crippen LogP contribution in [0.2, 0.25) is 0 Å². The first kappa shape index (κ1) is 28.4. The number of hydrogen-bond acceptors (Lipinski definition) is 8. The Kier molecular flexibility index (Phi) is 6.93. The van der Waals surface area contributed by atoms with Crippen molar-refractivity contribution < 1.29 is 24.0 Å². The number of non-ortho nitro benzene ring substituents is 1. The van der Waals surface area contributed by atoms with E-state index in [-0.39, 0.29) is 17.5 Å². The van der Waals surface area contributed by atoms with Gasteiger partial charge in [-0.3, -0.25) is 19.8 Å². The molecule has 1 spiro atoms. The lowest BCUT2D eigenvalue weighted by molar-refractivity contribution is -0.384. The minimum absolute atomic E-state index is 0.0439. The van der Waals surface area contributed by atoms with Gasteiger partial charge in [0.25, 0.3) is 5.69 Å². The molecule has 0 N–H and O–H groups in total. The number of carbonyl (C=O) groups is 2. The molecule has 4 aromatic carbocycles. The van der Waals surface area contributed by atoms with E-state index in [1.54, 1.807) is 36.3 Å². The summed E-state index contributed by atoms with van der Waals surface area (Å²) in [5.74, 6) is -0.779. The van der Waals surface area contributed by atoms with Crippen molar-refractivity contribution in [2.75, 3.05) is 25.6 Å². The van der Waals surface area contributed by atoms with Gasteiger partial charge in [-0.2, -0.15) is 0 Å². The Hall–Kier alpha value is -5.35. The Morgan fingerprint density at radius 2 is 1.53 bits per heavy atom. The highest BCUT2D eigenvalue weighted by atomic mass is 16.6. The number of likely N-dealkylation sites (N-methyl/N-ethyl adjacent to an activating group) is 1. The van der Waals surface area contributed by atoms with Crippen LogP contribution in [0.4, 0.5) is 11.4 Å². The van der Waals surface area contributed by atoms with Crippen molar-refractivity contribution in [2.24, 2.45) is 4.99 Å². The number of esters is 1. The van der Waals surface area contributed by atoms with E-state index in [9.17, 15) is 19.7 Å². The number of nitro benzene ring substituents is 1. The third-order valence-corrected chi connectivity index (χ3v) is 9.23. The number of rotatable bonds is 7. The molecular formula is C35H30N4O6. The van der Waals surface area contributed by atoms with Crippen molar-refractivity contribution in [1.29, 1.82) is 0 Å². The number of cyclic esters (lactones) is 1. The quantitative estimate of drug-likeness (QED) is 0.127. The average Bonchev–Trinajstić information content (AvgIpc) is 3.56. The van der Waals surface area contributed by atoms with Gasteiger partial charge in [0.1, 0.15) is 5.75 Å². The first-order valence-corrected chi connectivity index (χ1v) is 14.7. The fourth-order valence-electron chi connectivity index (χ4n) is 7.18. The van der Waals surface area contributed by atoms with Crippen LogP contribution in [0, 0.1) is 10.1 Å². The highest BCUT2D eigenvalue weighted by molar-refractivity contribution is 6.11. The summed E-state index contributed by atoms with van der Waals surface area (Å²) in [7, 11) is 3.51. The number of amides is 1. The zero-order chi connectivity index (χ0) is 31.3. The number of nitrogens with zero attached hydrogens (tertiary/aromatic N) is 4. The molecule has 0 aromatic heterocycles. The van der Waals surface area contributed by atoms with Gasteiger partial charge in [0.15, 0.2) is 5.54 Å². The van der Waals surface area contributed by atoms with Gasteiger partial charge >= 0.3 is 5.97 Å². The maximum absolute atomic E-state index is 14.4. The fraction of sp³-hybridized carbons (Fsp3) is 0.229. The standard InChI is InChI=1S/C35H30N4O6/c1-37-21-28(22-13-15-26(16-14-22)39(42)43)35(34(41)45-32(36-35)24-11-7-4-8-12-24)31(37)30-29(23-9-5-3-6-10-23)33(40)38(30)25-17-19-27(44-2)20-18-25/h3-20,28-31H,21H2,1-2H3/t28-,29+,30+,31-,35+/m1/s1. The summed E-state index contributed by atoms with van der Waals surface area (Å²) in [5.41, 5.74) is 1.42. The molecule has 45 heavy (non-hydrogen) atoms. The van der Waals surface area contributed by atoms with E-state index in [4.69, 9.17) is 14.5 Å². The summed E-state index contributed by atoms with van der Waals surface area (Å²) in [6, 6.07) is 31.3. The topological polar surface area (TPSA) is 115 Å². The number of ether oxygens (including phenoxy) is 2. The molecule has 2 saturated heterocycles. The van der Waals surface area contributed by atoms with E-state index in [2.05, 4.69) is 4.90 Å². The van der Waals surface area contributed by atoms with Crippen molar-refractivity contribution in [1.82, 2.24) is 4.90 Å². The molecule has 10 heteroatoms. The minimum Gasteiger partial charge on any atom is -0.497 e. The van der Waals surface area contributed by atoms with Crippen LogP contribution in [-0.4, -0.2) is 65.9 Å². The minimum atomic E-state index is -1.45. The normalized spacial score (nSPS) is 26.0. The molecular weight excluding hydrogens is 572 g/mol. The number of nitro groups is 1. The van der Waals surface area contributed by atoms with Crippen molar-refractivity contribution in [2.45, 2.75) is 29.5 Å². The van der Waals surface area contributed by atoms with Crippen molar-refractivity contribution >= 4 is 29.1 Å². The van der Waals surface area contributed by atoms with Crippen molar-refractivity contribution in [3.8, 4) is 5.75 Å². The second kappa shape index (κ2) is 11.0. The van der Waals surface area contributed by atoms with Gasteiger partial charge in [-0.25, -0.2) is 9.79 Å². The van der Waals surface area contributed by atoms with E-state index in [1.807, 2.05) is 79.8 Å². The summed E-state index contributed by atoms with van der Waals surface area (Å²) in [6.45, 7) is 0.409. The van der Waals surface area contributed by atoms with Crippen LogP contribution in [-0.2, 0) is 14.3 Å². The second-order valence-corrected chi connectivity index (χ2v) is 11.6. The highest BCUT2D eigenvalue weighted by Crippen LogP contribution is 2.54. The molecule has 0 aliphatic carbocycles. The van der Waals surface area contributed by atoms with Gasteiger partial charge in [-0.15, -0.1) is 0 Å². The van der Waals surface area contributed by atoms with Crippen LogP contribution >= 0.6 is 0 Å². The molecule has 1 amide bonds. The van der Waals surface area contributed by atoms with E-state index < -0.39 is 40.4 Å². The summed E-state index contributed by atoms with van der Waals surface area (Å²) in [6.07, 6.45) is 0. The first-order valence-electron chi connectivity index (χ1n) is 14.7. The zero-order valence-corrected chi connectivity index (χ0v) is 24.6. The summed E-state index contributed by atoms with van der Waals surface area (Å²) >= 11 is 0. The van der Waals surface area contributed by atoms with Gasteiger partial charge in [0, 0.05) is 35.8 Å². The molecule has 2 fully saturated rings. The van der Waals surface area contributed by atoms with Crippen LogP contribution in [0.1, 0.15) is 28.5 Å². The highest BCUT2D eigenvalue weighted by Gasteiger charge is 2.70. The lowest BCUT2D eigenvalue weighted by atomic mass is 9.68. The molecule has 7 rings (SSSR count). The lowest BCUT2D eigenvalue weighted by Gasteiger charge is -2.53. The van der Waals surface area contributed by atoms with Crippen LogP contribution in [0.25, 0.3) is 0 Å². The van der Waals surface area contributed by atoms with Gasteiger partial charge < -0.3 is 14.4 Å². The number of likely N-dealkylation sites (tertiary alicyclic amines) is 1. The number of benzene rings is 4. The van der Waals surface area contributed by atoms with E-state index in [1.165, 1.54) is 12.1 Å². The van der Waals surface area contributed by atoms with E-state index in [0.29, 0.717) is 23.5 Å². The molecule has 0 radical (unpaired) electrons. The molecule has 3 aliphatic rings. The zero-order valence-electron chi connectivity index (χ0n) is 24.6. The summed E-state index contributed by atoms with van der Waals surface area (Å²) in [4.78, 5) is 48.4. The number of β-lactam (4-membered cyclic amide) rings is 1. The van der Waals surface area contributed by atoms with Gasteiger partial charge in [0.2, 0.25) is 11.8 Å². The Bertz CT molecular complexity index is 1800. The van der Waals surface area contributed by atoms with Gasteiger partial charge in [-0.1, -0.05) is 60.7 Å². The van der Waals surface area contributed by atoms with Gasteiger partial charge in [-0.05, 0) is 54.6 Å². The third kappa shape index (κ3) is 4.48. The van der Waals surface area contributed by atoms with E-state index in [0.717, 1.165) is 11.1 Å². The molecule has 10 nitrogen and oxygen atoms in total. The van der Waals surface area contributed by atoms with Crippen molar-refractivity contribution in [3.63, 3.8) is 0 Å². The first-order chi connectivity index (χ1) is 21.8. The third-order valence-electron chi connectivity index (χ3n) is 9.23. The van der Waals surface area contributed by atoms with Gasteiger partial charge in [0.05, 0.1) is 30.0 Å². The SMILES string of the molecule is COc1ccc(N2C(=O)[C@@H](c3ccccc3)[C@H]2[C@H]2N(C)C[C@H](c3ccc([N+](=O)[O-])cc3)[C@]23N=C(c2ccccc2)OC3=O)cc1. The Balaban J connectivity index is 1.41. The monoisotopic (exact) mass is 602 g/mol. The molecule has 0 bridgehead atoms. The Morgan fingerprint density at radius 1 is 0.889 bits per heavy atom. The summed E-state index contributed by atoms with van der Waals surface area (Å²) in [5, 5.41) is 11.4. The molecule has 0 unspecified atom stereocenters. The molecule has 3 aliphatic heterocycles. The molecule has 0 saturated carbocycles. The smallest absolute Gasteiger partial charge is 0.343 e. The molecule has 4 aromatic rings. The number of aliphatic imine (C=N–C) groups is 1. The number of hydrogen-bond donors (Lipinski definition) is 0. The number of methoxy groups -OCH3 is 1. The predicted octanol–water partition coefficient (Wildman–Crippen LogP) is 4.94. The maximum atomic E-state index is 14.4.